The van der Waals surface area contributed by atoms with Gasteiger partial charge >= 0.3 is 5.97 Å². The van der Waals surface area contributed by atoms with Crippen molar-refractivity contribution in [3.05, 3.63) is 94.5 Å². The molecule has 3 rings (SSSR count). The summed E-state index contributed by atoms with van der Waals surface area (Å²) in [5.74, 6) is 0.895. The van der Waals surface area contributed by atoms with Crippen LogP contribution in [0, 0.1) is 0 Å². The van der Waals surface area contributed by atoms with Crippen LogP contribution in [0.5, 0.6) is 11.5 Å². The molecule has 0 saturated heterocycles. The van der Waals surface area contributed by atoms with E-state index >= 15 is 0 Å². The smallest absolute Gasteiger partial charge is 0.343 e. The molecule has 0 radical (unpaired) electrons. The number of hydrogen-bond acceptors (Lipinski definition) is 3. The molecule has 0 aliphatic heterocycles. The van der Waals surface area contributed by atoms with E-state index < -0.39 is 5.97 Å². The van der Waals surface area contributed by atoms with Crippen LogP contribution in [0.4, 0.5) is 0 Å². The Bertz CT molecular complexity index is 929. The molecule has 3 nitrogen and oxygen atoms in total. The number of hydrogen-bond donors (Lipinski definition) is 0. The highest BCUT2D eigenvalue weighted by Gasteiger charge is 2.23. The Morgan fingerprint density at radius 1 is 0.852 bits per heavy atom. The van der Waals surface area contributed by atoms with Crippen molar-refractivity contribution in [2.45, 2.75) is 19.3 Å². The van der Waals surface area contributed by atoms with E-state index in [1.165, 1.54) is 5.56 Å². The van der Waals surface area contributed by atoms with Crippen LogP contribution >= 0.6 is 11.6 Å². The third kappa shape index (κ3) is 4.32. The fourth-order valence-electron chi connectivity index (χ4n) is 2.90. The van der Waals surface area contributed by atoms with Crippen LogP contribution in [0.1, 0.15) is 35.3 Å². The van der Waals surface area contributed by atoms with Crippen LogP contribution in [0.15, 0.2) is 72.8 Å². The minimum atomic E-state index is -0.431. The summed E-state index contributed by atoms with van der Waals surface area (Å²) in [4.78, 5) is 12.2. The highest BCUT2D eigenvalue weighted by atomic mass is 35.5. The van der Waals surface area contributed by atoms with Crippen molar-refractivity contribution in [3.63, 3.8) is 0 Å². The number of rotatable bonds is 5. The molecular weight excluding hydrogens is 360 g/mol. The summed E-state index contributed by atoms with van der Waals surface area (Å²) in [5, 5.41) is 0.501. The molecule has 0 fully saturated rings. The molecule has 0 aromatic heterocycles. The molecule has 0 aliphatic carbocycles. The lowest BCUT2D eigenvalue weighted by Gasteiger charge is -2.26. The molecule has 3 aromatic rings. The van der Waals surface area contributed by atoms with Crippen molar-refractivity contribution in [2.75, 3.05) is 7.11 Å². The van der Waals surface area contributed by atoms with Gasteiger partial charge in [-0.25, -0.2) is 4.79 Å². The predicted molar refractivity (Wildman–Crippen MR) is 108 cm³/mol. The van der Waals surface area contributed by atoms with E-state index in [1.54, 1.807) is 31.4 Å². The molecule has 3 aromatic carbocycles. The molecule has 0 saturated carbocycles. The van der Waals surface area contributed by atoms with Crippen LogP contribution in [-0.2, 0) is 5.41 Å². The van der Waals surface area contributed by atoms with Gasteiger partial charge in [-0.1, -0.05) is 55.8 Å². The summed E-state index contributed by atoms with van der Waals surface area (Å²) in [6.45, 7) is 4.31. The molecule has 0 unspecified atom stereocenters. The SMILES string of the molecule is COc1ccc(C(C)(C)c2ccc(OC(=O)c3cccc(Cl)c3)cc2)cc1. The Morgan fingerprint density at radius 2 is 1.41 bits per heavy atom. The zero-order chi connectivity index (χ0) is 19.4. The molecule has 0 spiro atoms. The minimum absolute atomic E-state index is 0.193. The van der Waals surface area contributed by atoms with Crippen molar-refractivity contribution < 1.29 is 14.3 Å². The summed E-state index contributed by atoms with van der Waals surface area (Å²) >= 11 is 5.92. The van der Waals surface area contributed by atoms with E-state index in [9.17, 15) is 4.79 Å². The normalized spacial score (nSPS) is 11.1. The van der Waals surface area contributed by atoms with E-state index in [0.29, 0.717) is 16.3 Å². The molecule has 0 aliphatic rings. The van der Waals surface area contributed by atoms with E-state index in [1.807, 2.05) is 36.4 Å². The summed E-state index contributed by atoms with van der Waals surface area (Å²) < 4.78 is 10.7. The zero-order valence-electron chi connectivity index (χ0n) is 15.5. The number of esters is 1. The summed E-state index contributed by atoms with van der Waals surface area (Å²) in [6.07, 6.45) is 0. The van der Waals surface area contributed by atoms with E-state index in [4.69, 9.17) is 21.1 Å². The van der Waals surface area contributed by atoms with Gasteiger partial charge in [0.15, 0.2) is 0 Å². The molecule has 0 N–H and O–H groups in total. The van der Waals surface area contributed by atoms with Gasteiger partial charge in [0.05, 0.1) is 12.7 Å². The molecule has 0 heterocycles. The Labute approximate surface area is 164 Å². The van der Waals surface area contributed by atoms with Crippen molar-refractivity contribution in [2.24, 2.45) is 0 Å². The van der Waals surface area contributed by atoms with Gasteiger partial charge in [-0.05, 0) is 53.6 Å². The first-order chi connectivity index (χ1) is 12.9. The molecule has 27 heavy (non-hydrogen) atoms. The maximum absolute atomic E-state index is 12.2. The highest BCUT2D eigenvalue weighted by Crippen LogP contribution is 2.33. The summed E-state index contributed by atoms with van der Waals surface area (Å²) in [5.41, 5.74) is 2.52. The average molecular weight is 381 g/mol. The van der Waals surface area contributed by atoms with Crippen LogP contribution < -0.4 is 9.47 Å². The Kier molecular flexibility index (Phi) is 5.52. The fraction of sp³-hybridized carbons (Fsp3) is 0.174. The van der Waals surface area contributed by atoms with Crippen LogP contribution in [-0.4, -0.2) is 13.1 Å². The largest absolute Gasteiger partial charge is 0.497 e. The fourth-order valence-corrected chi connectivity index (χ4v) is 3.09. The number of methoxy groups -OCH3 is 1. The van der Waals surface area contributed by atoms with Crippen molar-refractivity contribution in [3.8, 4) is 11.5 Å². The quantitative estimate of drug-likeness (QED) is 0.408. The van der Waals surface area contributed by atoms with Crippen molar-refractivity contribution in [1.82, 2.24) is 0 Å². The van der Waals surface area contributed by atoms with Gasteiger partial charge in [-0.15, -0.1) is 0 Å². The van der Waals surface area contributed by atoms with E-state index in [2.05, 4.69) is 26.0 Å². The van der Waals surface area contributed by atoms with E-state index in [0.717, 1.165) is 11.3 Å². The van der Waals surface area contributed by atoms with E-state index in [-0.39, 0.29) is 5.41 Å². The first-order valence-electron chi connectivity index (χ1n) is 8.63. The second-order valence-electron chi connectivity index (χ2n) is 6.78. The molecule has 0 bridgehead atoms. The molecule has 4 heteroatoms. The first kappa shape index (κ1) is 19.0. The molecule has 0 amide bonds. The van der Waals surface area contributed by atoms with Gasteiger partial charge in [-0.2, -0.15) is 0 Å². The van der Waals surface area contributed by atoms with Crippen molar-refractivity contribution >= 4 is 17.6 Å². The number of carbonyl (C=O) groups is 1. The van der Waals surface area contributed by atoms with Gasteiger partial charge < -0.3 is 9.47 Å². The zero-order valence-corrected chi connectivity index (χ0v) is 16.3. The summed E-state index contributed by atoms with van der Waals surface area (Å²) in [7, 11) is 1.66. The maximum atomic E-state index is 12.2. The lowest BCUT2D eigenvalue weighted by molar-refractivity contribution is 0.0734. The topological polar surface area (TPSA) is 35.5 Å². The third-order valence-electron chi connectivity index (χ3n) is 4.66. The number of ether oxygens (including phenoxy) is 2. The summed E-state index contributed by atoms with van der Waals surface area (Å²) in [6, 6.07) is 22.3. The van der Waals surface area contributed by atoms with Gasteiger partial charge in [0, 0.05) is 10.4 Å². The second kappa shape index (κ2) is 7.85. The lowest BCUT2D eigenvalue weighted by Crippen LogP contribution is -2.18. The van der Waals surface area contributed by atoms with Crippen LogP contribution in [0.25, 0.3) is 0 Å². The molecule has 138 valence electrons. The number of benzene rings is 3. The van der Waals surface area contributed by atoms with Gasteiger partial charge in [-0.3, -0.25) is 0 Å². The Balaban J connectivity index is 1.76. The van der Waals surface area contributed by atoms with Gasteiger partial charge in [0.1, 0.15) is 11.5 Å². The Hall–Kier alpha value is -2.78. The minimum Gasteiger partial charge on any atom is -0.497 e. The monoisotopic (exact) mass is 380 g/mol. The number of halogens is 1. The molecular formula is C23H21ClO3. The lowest BCUT2D eigenvalue weighted by atomic mass is 9.78. The maximum Gasteiger partial charge on any atom is 0.343 e. The van der Waals surface area contributed by atoms with Crippen LogP contribution in [0.2, 0.25) is 5.02 Å². The predicted octanol–water partition coefficient (Wildman–Crippen LogP) is 5.89. The third-order valence-corrected chi connectivity index (χ3v) is 4.89. The van der Waals surface area contributed by atoms with Gasteiger partial charge in [0.2, 0.25) is 0 Å². The average Bonchev–Trinajstić information content (AvgIpc) is 2.68. The molecule has 0 atom stereocenters. The Morgan fingerprint density at radius 3 is 1.93 bits per heavy atom. The van der Waals surface area contributed by atoms with Crippen LogP contribution in [0.3, 0.4) is 0 Å². The second-order valence-corrected chi connectivity index (χ2v) is 7.21. The van der Waals surface area contributed by atoms with Gasteiger partial charge in [0.25, 0.3) is 0 Å². The standard InChI is InChI=1S/C23H21ClO3/c1-23(2,17-7-11-20(26-3)12-8-17)18-9-13-21(14-10-18)27-22(25)16-5-4-6-19(24)15-16/h4-15H,1-3H3. The highest BCUT2D eigenvalue weighted by molar-refractivity contribution is 6.30. The van der Waals surface area contributed by atoms with Crippen molar-refractivity contribution in [1.29, 1.82) is 0 Å². The number of carbonyl (C=O) groups excluding carboxylic acids is 1. The first-order valence-corrected chi connectivity index (χ1v) is 9.01.